The van der Waals surface area contributed by atoms with Crippen molar-refractivity contribution in [3.05, 3.63) is 75.6 Å². The number of ether oxygens (including phenoxy) is 1. The van der Waals surface area contributed by atoms with Crippen LogP contribution in [0.2, 0.25) is 0 Å². The van der Waals surface area contributed by atoms with E-state index in [-0.39, 0.29) is 11.5 Å². The van der Waals surface area contributed by atoms with Gasteiger partial charge >= 0.3 is 5.63 Å². The largest absolute Gasteiger partial charge is 0.497 e. The van der Waals surface area contributed by atoms with Crippen molar-refractivity contribution >= 4 is 16.9 Å². The zero-order valence-corrected chi connectivity index (χ0v) is 16.8. The molecule has 0 unspecified atom stereocenters. The minimum absolute atomic E-state index is 0.0879. The summed E-state index contributed by atoms with van der Waals surface area (Å²) in [6.45, 7) is 2.53. The predicted octanol–water partition coefficient (Wildman–Crippen LogP) is 4.23. The first-order chi connectivity index (χ1) is 14.1. The number of methoxy groups -OCH3 is 1. The van der Waals surface area contributed by atoms with Crippen LogP contribution < -0.4 is 10.4 Å². The number of fused-ring (bicyclic) bond motifs is 1. The van der Waals surface area contributed by atoms with Crippen LogP contribution in [0.1, 0.15) is 36.0 Å². The average Bonchev–Trinajstić information content (AvgIpc) is 3.57. The summed E-state index contributed by atoms with van der Waals surface area (Å²) in [4.78, 5) is 27.4. The fourth-order valence-corrected chi connectivity index (χ4v) is 3.75. The minimum atomic E-state index is -0.378. The molecule has 0 atom stereocenters. The Morgan fingerprint density at radius 2 is 1.93 bits per heavy atom. The molecule has 0 N–H and O–H groups in total. The first kappa shape index (κ1) is 19.2. The van der Waals surface area contributed by atoms with E-state index >= 15 is 0 Å². The summed E-state index contributed by atoms with van der Waals surface area (Å²) in [5.41, 5.74) is 2.70. The fraction of sp³-hybridized carbons (Fsp3) is 0.333. The van der Waals surface area contributed by atoms with Gasteiger partial charge in [-0.05, 0) is 49.4 Å². The lowest BCUT2D eigenvalue weighted by molar-refractivity contribution is -0.132. The van der Waals surface area contributed by atoms with Crippen molar-refractivity contribution in [3.8, 4) is 5.75 Å². The number of carbonyl (C=O) groups is 1. The highest BCUT2D eigenvalue weighted by Crippen LogP contribution is 2.30. The van der Waals surface area contributed by atoms with E-state index in [2.05, 4.69) is 0 Å². The van der Waals surface area contributed by atoms with Crippen molar-refractivity contribution in [1.29, 1.82) is 0 Å². The molecule has 2 aromatic carbocycles. The maximum Gasteiger partial charge on any atom is 0.339 e. The molecule has 0 bridgehead atoms. The number of nitrogens with zero attached hydrogens (tertiary/aromatic N) is 1. The number of benzene rings is 2. The zero-order chi connectivity index (χ0) is 20.4. The van der Waals surface area contributed by atoms with Crippen LogP contribution in [0.3, 0.4) is 0 Å². The molecule has 3 aromatic rings. The molecule has 1 aliphatic carbocycles. The van der Waals surface area contributed by atoms with Gasteiger partial charge in [-0.25, -0.2) is 4.79 Å². The Hall–Kier alpha value is -3.08. The number of amides is 1. The standard InChI is InChI=1S/C24H25NO4/c1-16-20-11-10-19(28-2)14-22(20)29-24(27)21(16)12-13-23(26)25(18-8-9-18)15-17-6-4-3-5-7-17/h3-7,10-11,14,18H,8-9,12-13,15H2,1-2H3. The monoisotopic (exact) mass is 391 g/mol. The Morgan fingerprint density at radius 1 is 1.17 bits per heavy atom. The number of rotatable bonds is 7. The second-order valence-corrected chi connectivity index (χ2v) is 7.59. The maximum atomic E-state index is 12.9. The Kier molecular flexibility index (Phi) is 5.38. The van der Waals surface area contributed by atoms with Crippen molar-refractivity contribution in [1.82, 2.24) is 4.90 Å². The molecule has 1 fully saturated rings. The molecule has 1 heterocycles. The summed E-state index contributed by atoms with van der Waals surface area (Å²) < 4.78 is 10.7. The summed E-state index contributed by atoms with van der Waals surface area (Å²) in [6, 6.07) is 15.8. The van der Waals surface area contributed by atoms with E-state index in [0.29, 0.717) is 42.3 Å². The minimum Gasteiger partial charge on any atom is -0.497 e. The topological polar surface area (TPSA) is 59.8 Å². The molecular weight excluding hydrogens is 366 g/mol. The quantitative estimate of drug-likeness (QED) is 0.566. The molecule has 5 heteroatoms. The number of hydrogen-bond donors (Lipinski definition) is 0. The van der Waals surface area contributed by atoms with E-state index in [9.17, 15) is 9.59 Å². The van der Waals surface area contributed by atoms with Gasteiger partial charge in [0.05, 0.1) is 7.11 Å². The van der Waals surface area contributed by atoms with Gasteiger partial charge in [0.1, 0.15) is 11.3 Å². The van der Waals surface area contributed by atoms with Crippen molar-refractivity contribution in [3.63, 3.8) is 0 Å². The van der Waals surface area contributed by atoms with Crippen LogP contribution in [-0.4, -0.2) is 24.0 Å². The SMILES string of the molecule is COc1ccc2c(C)c(CCC(=O)N(Cc3ccccc3)C3CC3)c(=O)oc2c1. The third kappa shape index (κ3) is 4.19. The van der Waals surface area contributed by atoms with E-state index in [0.717, 1.165) is 29.4 Å². The van der Waals surface area contributed by atoms with Crippen LogP contribution >= 0.6 is 0 Å². The van der Waals surface area contributed by atoms with Crippen LogP contribution in [0.25, 0.3) is 11.0 Å². The van der Waals surface area contributed by atoms with E-state index in [1.54, 1.807) is 13.2 Å². The lowest BCUT2D eigenvalue weighted by atomic mass is 10.0. The molecule has 4 rings (SSSR count). The van der Waals surface area contributed by atoms with Crippen molar-refractivity contribution in [2.75, 3.05) is 7.11 Å². The van der Waals surface area contributed by atoms with Crippen LogP contribution in [0.4, 0.5) is 0 Å². The van der Waals surface area contributed by atoms with E-state index in [4.69, 9.17) is 9.15 Å². The highest BCUT2D eigenvalue weighted by molar-refractivity contribution is 5.83. The van der Waals surface area contributed by atoms with Gasteiger partial charge < -0.3 is 14.1 Å². The van der Waals surface area contributed by atoms with Gasteiger partial charge in [0, 0.05) is 36.0 Å². The molecule has 5 nitrogen and oxygen atoms in total. The van der Waals surface area contributed by atoms with Crippen LogP contribution in [0, 0.1) is 6.92 Å². The molecule has 0 spiro atoms. The lowest BCUT2D eigenvalue weighted by Gasteiger charge is -2.23. The van der Waals surface area contributed by atoms with Crippen molar-refractivity contribution < 1.29 is 13.9 Å². The van der Waals surface area contributed by atoms with Gasteiger partial charge in [-0.3, -0.25) is 4.79 Å². The number of carbonyl (C=O) groups excluding carboxylic acids is 1. The van der Waals surface area contributed by atoms with E-state index in [1.165, 1.54) is 0 Å². The molecule has 0 radical (unpaired) electrons. The molecule has 150 valence electrons. The second kappa shape index (κ2) is 8.11. The van der Waals surface area contributed by atoms with Crippen LogP contribution in [0.5, 0.6) is 5.75 Å². The third-order valence-corrected chi connectivity index (χ3v) is 5.59. The highest BCUT2D eigenvalue weighted by Gasteiger charge is 2.32. The highest BCUT2D eigenvalue weighted by atomic mass is 16.5. The molecule has 1 aromatic heterocycles. The van der Waals surface area contributed by atoms with E-state index in [1.807, 2.05) is 54.3 Å². The van der Waals surface area contributed by atoms with Crippen molar-refractivity contribution in [2.24, 2.45) is 0 Å². The summed E-state index contributed by atoms with van der Waals surface area (Å²) in [6.07, 6.45) is 2.79. The average molecular weight is 391 g/mol. The number of aryl methyl sites for hydroxylation is 1. The summed E-state index contributed by atoms with van der Waals surface area (Å²) >= 11 is 0. The van der Waals surface area contributed by atoms with Gasteiger partial charge in [0.2, 0.25) is 5.91 Å². The summed E-state index contributed by atoms with van der Waals surface area (Å²) in [5, 5.41) is 0.871. The van der Waals surface area contributed by atoms with Gasteiger partial charge in [0.25, 0.3) is 0 Å². The third-order valence-electron chi connectivity index (χ3n) is 5.59. The van der Waals surface area contributed by atoms with E-state index < -0.39 is 0 Å². The molecular formula is C24H25NO4. The van der Waals surface area contributed by atoms with Gasteiger partial charge in [-0.2, -0.15) is 0 Å². The van der Waals surface area contributed by atoms with Crippen molar-refractivity contribution in [2.45, 2.75) is 45.2 Å². The molecule has 29 heavy (non-hydrogen) atoms. The van der Waals surface area contributed by atoms with Gasteiger partial charge in [0.15, 0.2) is 0 Å². The number of hydrogen-bond acceptors (Lipinski definition) is 4. The second-order valence-electron chi connectivity index (χ2n) is 7.59. The molecule has 1 aliphatic rings. The summed E-state index contributed by atoms with van der Waals surface area (Å²) in [5.74, 6) is 0.731. The predicted molar refractivity (Wildman–Crippen MR) is 112 cm³/mol. The maximum absolute atomic E-state index is 12.9. The smallest absolute Gasteiger partial charge is 0.339 e. The van der Waals surface area contributed by atoms with Crippen LogP contribution in [-0.2, 0) is 17.8 Å². The first-order valence-corrected chi connectivity index (χ1v) is 10.0. The molecule has 0 aliphatic heterocycles. The fourth-order valence-electron chi connectivity index (χ4n) is 3.75. The van der Waals surface area contributed by atoms with Crippen LogP contribution in [0.15, 0.2) is 57.7 Å². The first-order valence-electron chi connectivity index (χ1n) is 10.0. The Labute approximate surface area is 169 Å². The lowest BCUT2D eigenvalue weighted by Crippen LogP contribution is -2.33. The normalized spacial score (nSPS) is 13.4. The Bertz CT molecular complexity index is 1080. The molecule has 1 amide bonds. The Balaban J connectivity index is 1.52. The zero-order valence-electron chi connectivity index (χ0n) is 16.8. The van der Waals surface area contributed by atoms with Gasteiger partial charge in [-0.15, -0.1) is 0 Å². The molecule has 0 saturated heterocycles. The van der Waals surface area contributed by atoms with Gasteiger partial charge in [-0.1, -0.05) is 30.3 Å². The Morgan fingerprint density at radius 3 is 2.62 bits per heavy atom. The summed E-state index contributed by atoms with van der Waals surface area (Å²) in [7, 11) is 1.58. The molecule has 1 saturated carbocycles.